The summed E-state index contributed by atoms with van der Waals surface area (Å²) in [6.07, 6.45) is 15.6. The number of anilines is 1. The van der Waals surface area contributed by atoms with Gasteiger partial charge in [0, 0.05) is 60.4 Å². The molecule has 21 heteroatoms. The van der Waals surface area contributed by atoms with Crippen LogP contribution in [0.1, 0.15) is 109 Å². The molecule has 2 aliphatic heterocycles. The third kappa shape index (κ3) is 14.6. The molecule has 1 amide bonds. The number of amides is 1. The minimum absolute atomic E-state index is 0.0380. The Balaban J connectivity index is 1.69. The Kier molecular flexibility index (Phi) is 18.3. The van der Waals surface area contributed by atoms with Gasteiger partial charge < -0.3 is 16.0 Å². The van der Waals surface area contributed by atoms with Crippen LogP contribution in [0.4, 0.5) is 11.4 Å². The van der Waals surface area contributed by atoms with Crippen LogP contribution in [0.2, 0.25) is 0 Å². The van der Waals surface area contributed by atoms with E-state index < -0.39 is 62.8 Å². The van der Waals surface area contributed by atoms with E-state index in [2.05, 4.69) is 5.32 Å². The second kappa shape index (κ2) is 22.1. The lowest BCUT2D eigenvalue weighted by Crippen LogP contribution is -2.29. The molecule has 0 saturated heterocycles. The van der Waals surface area contributed by atoms with Gasteiger partial charge in [0.2, 0.25) is 11.6 Å². The molecule has 4 rings (SSSR count). The summed E-state index contributed by atoms with van der Waals surface area (Å²) in [4.78, 5) is 13.9. The number of carbonyl (C=O) groups is 1. The SMILES string of the molecule is CC1(C)C(C=CC=CC=C2N(CCCCS(=O)(=O)O)c3ccc(S(=O)(=O)O)cc3C2(C)CCCCCC(=O)NCCCCCN)=[N+](CCCCS(=O)(=O)O)c2ccc(S(=O)(=O)O)cc21. The smallest absolute Gasteiger partial charge is 0.294 e. The van der Waals surface area contributed by atoms with Crippen molar-refractivity contribution in [2.45, 2.75) is 118 Å². The van der Waals surface area contributed by atoms with Gasteiger partial charge in [0.25, 0.3) is 40.5 Å². The summed E-state index contributed by atoms with van der Waals surface area (Å²) in [5, 5.41) is 2.94. The van der Waals surface area contributed by atoms with Crippen LogP contribution in [0.3, 0.4) is 0 Å². The lowest BCUT2D eigenvalue weighted by Gasteiger charge is -2.30. The van der Waals surface area contributed by atoms with Gasteiger partial charge in [0.1, 0.15) is 6.54 Å². The van der Waals surface area contributed by atoms with Crippen LogP contribution < -0.4 is 16.0 Å². The number of allylic oxidation sites excluding steroid dienone is 6. The fraction of sp³-hybridized carbons (Fsp3) is 0.535. The van der Waals surface area contributed by atoms with Crippen molar-refractivity contribution in [2.75, 3.05) is 42.6 Å². The standard InChI is InChI=1S/C43H62N4O13S4/c1-42(2)35-31-33(63(55,56)57)20-22-37(35)46(27-13-15-29-61(49,50)51)39(42)17-7-4-8-18-40-43(3,24-10-5-9-19-41(48)45-26-12-6-11-25-44)36-32-34(64(58,59)60)21-23-38(36)47(40)28-14-16-30-62(52,53)54/h4,7-8,17-18,20-23,31-32H,5-6,9-16,19,24-30,44H2,1-3H3,(H4-,45,48,49,50,51,52,53,54,55,56,57,58,59,60)/p+1. The lowest BCUT2D eigenvalue weighted by atomic mass is 9.77. The molecule has 2 aromatic rings. The summed E-state index contributed by atoms with van der Waals surface area (Å²) in [6, 6.07) is 8.66. The first-order chi connectivity index (χ1) is 29.8. The van der Waals surface area contributed by atoms with Crippen molar-refractivity contribution in [3.05, 3.63) is 83.6 Å². The molecule has 0 fully saturated rings. The van der Waals surface area contributed by atoms with Gasteiger partial charge in [-0.25, -0.2) is 0 Å². The second-order valence-electron chi connectivity index (χ2n) is 17.0. The number of unbranched alkanes of at least 4 members (excludes halogenated alkanes) is 6. The number of nitrogens with one attached hydrogen (secondary N) is 1. The summed E-state index contributed by atoms with van der Waals surface area (Å²) < 4.78 is 135. The van der Waals surface area contributed by atoms with Crippen LogP contribution in [-0.2, 0) is 56.1 Å². The van der Waals surface area contributed by atoms with E-state index in [9.17, 15) is 56.7 Å². The molecule has 0 spiro atoms. The van der Waals surface area contributed by atoms with E-state index in [0.717, 1.165) is 30.7 Å². The van der Waals surface area contributed by atoms with E-state index >= 15 is 0 Å². The Morgan fingerprint density at radius 1 is 0.719 bits per heavy atom. The van der Waals surface area contributed by atoms with Gasteiger partial charge in [0.05, 0.1) is 26.7 Å². The molecule has 0 aromatic heterocycles. The summed E-state index contributed by atoms with van der Waals surface area (Å²) >= 11 is 0. The number of hydrogen-bond acceptors (Lipinski definition) is 11. The topological polar surface area (TPSA) is 279 Å². The first kappa shape index (κ1) is 52.8. The molecule has 2 aromatic carbocycles. The summed E-state index contributed by atoms with van der Waals surface area (Å²) in [5.41, 5.74) is 8.06. The van der Waals surface area contributed by atoms with E-state index in [4.69, 9.17) is 5.73 Å². The van der Waals surface area contributed by atoms with Crippen LogP contribution >= 0.6 is 0 Å². The van der Waals surface area contributed by atoms with Crippen molar-refractivity contribution >= 4 is 63.5 Å². The summed E-state index contributed by atoms with van der Waals surface area (Å²) in [6.45, 7) is 7.59. The van der Waals surface area contributed by atoms with Gasteiger partial charge in [-0.15, -0.1) is 0 Å². The van der Waals surface area contributed by atoms with Gasteiger partial charge in [-0.05, 0) is 114 Å². The number of benzene rings is 2. The first-order valence-electron chi connectivity index (χ1n) is 21.4. The monoisotopic (exact) mass is 971 g/mol. The molecule has 2 aliphatic rings. The minimum Gasteiger partial charge on any atom is -0.356 e. The Morgan fingerprint density at radius 3 is 1.95 bits per heavy atom. The number of carbonyl (C=O) groups excluding carboxylic acids is 1. The maximum atomic E-state index is 12.5. The Bertz CT molecular complexity index is 2590. The normalized spacial score (nSPS) is 18.4. The summed E-state index contributed by atoms with van der Waals surface area (Å²) in [5.74, 6) is -0.901. The maximum Gasteiger partial charge on any atom is 0.294 e. The molecule has 64 heavy (non-hydrogen) atoms. The fourth-order valence-electron chi connectivity index (χ4n) is 8.42. The molecule has 0 bridgehead atoms. The van der Waals surface area contributed by atoms with E-state index in [-0.39, 0.29) is 28.5 Å². The van der Waals surface area contributed by atoms with Crippen LogP contribution in [0.5, 0.6) is 0 Å². The molecule has 7 N–H and O–H groups in total. The molecule has 0 radical (unpaired) electrons. The Morgan fingerprint density at radius 2 is 1.33 bits per heavy atom. The van der Waals surface area contributed by atoms with Crippen molar-refractivity contribution in [3.63, 3.8) is 0 Å². The van der Waals surface area contributed by atoms with Gasteiger partial charge in [-0.3, -0.25) is 23.0 Å². The van der Waals surface area contributed by atoms with E-state index in [0.29, 0.717) is 93.6 Å². The van der Waals surface area contributed by atoms with E-state index in [1.807, 2.05) is 42.4 Å². The third-order valence-electron chi connectivity index (χ3n) is 11.8. The lowest BCUT2D eigenvalue weighted by molar-refractivity contribution is -0.438. The average molecular weight is 972 g/mol. The second-order valence-corrected chi connectivity index (χ2v) is 23.0. The molecule has 1 unspecified atom stereocenters. The summed E-state index contributed by atoms with van der Waals surface area (Å²) in [7, 11) is -17.5. The highest BCUT2D eigenvalue weighted by Crippen LogP contribution is 2.51. The third-order valence-corrected chi connectivity index (χ3v) is 15.1. The van der Waals surface area contributed by atoms with E-state index in [1.54, 1.807) is 30.4 Å². The number of nitrogens with two attached hydrogens (primary N) is 1. The Hall–Kier alpha value is -3.80. The van der Waals surface area contributed by atoms with Crippen molar-refractivity contribution in [2.24, 2.45) is 5.73 Å². The van der Waals surface area contributed by atoms with Gasteiger partial charge in [-0.2, -0.15) is 38.2 Å². The maximum absolute atomic E-state index is 12.5. The molecule has 2 heterocycles. The molecule has 0 saturated carbocycles. The van der Waals surface area contributed by atoms with Crippen LogP contribution in [0, 0.1) is 0 Å². The predicted molar refractivity (Wildman–Crippen MR) is 247 cm³/mol. The highest BCUT2D eigenvalue weighted by Gasteiger charge is 2.45. The average Bonchev–Trinajstić information content (AvgIpc) is 3.54. The van der Waals surface area contributed by atoms with Crippen molar-refractivity contribution < 1.29 is 61.3 Å². The molecular weight excluding hydrogens is 909 g/mol. The number of hydrogen-bond donors (Lipinski definition) is 6. The zero-order valence-electron chi connectivity index (χ0n) is 36.6. The zero-order chi connectivity index (χ0) is 47.6. The quantitative estimate of drug-likeness (QED) is 0.0279. The largest absolute Gasteiger partial charge is 0.356 e. The van der Waals surface area contributed by atoms with Gasteiger partial charge in [-0.1, -0.05) is 37.5 Å². The fourth-order valence-corrected chi connectivity index (χ4v) is 10.6. The van der Waals surface area contributed by atoms with Crippen LogP contribution in [0.15, 0.2) is 82.3 Å². The first-order valence-corrected chi connectivity index (χ1v) is 27.5. The zero-order valence-corrected chi connectivity index (χ0v) is 39.9. The van der Waals surface area contributed by atoms with Crippen molar-refractivity contribution in [1.82, 2.24) is 5.32 Å². The van der Waals surface area contributed by atoms with Gasteiger partial charge >= 0.3 is 0 Å². The van der Waals surface area contributed by atoms with Crippen molar-refractivity contribution in [1.29, 1.82) is 0 Å². The molecule has 0 aliphatic carbocycles. The minimum atomic E-state index is -4.58. The molecular formula is C43H63N4O13S4+. The number of rotatable bonds is 26. The Labute approximate surface area is 378 Å². The number of fused-ring (bicyclic) bond motifs is 2. The van der Waals surface area contributed by atoms with Crippen molar-refractivity contribution in [3.8, 4) is 0 Å². The van der Waals surface area contributed by atoms with Crippen LogP contribution in [-0.4, -0.2) is 106 Å². The van der Waals surface area contributed by atoms with Crippen LogP contribution in [0.25, 0.3) is 0 Å². The number of nitrogens with zero attached hydrogens (tertiary/aromatic N) is 2. The van der Waals surface area contributed by atoms with Gasteiger partial charge in [0.15, 0.2) is 5.71 Å². The molecule has 17 nitrogen and oxygen atoms in total. The van der Waals surface area contributed by atoms with E-state index in [1.165, 1.54) is 24.3 Å². The highest BCUT2D eigenvalue weighted by molar-refractivity contribution is 7.86. The molecule has 1 atom stereocenters. The highest BCUT2D eigenvalue weighted by atomic mass is 32.2. The molecule has 356 valence electrons. The predicted octanol–water partition coefficient (Wildman–Crippen LogP) is 5.86.